The van der Waals surface area contributed by atoms with Crippen molar-refractivity contribution >= 4 is 5.97 Å². The van der Waals surface area contributed by atoms with Gasteiger partial charge in [0.05, 0.1) is 12.0 Å². The highest BCUT2D eigenvalue weighted by Gasteiger charge is 2.39. The Kier molecular flexibility index (Phi) is 5.14. The molecule has 1 aromatic rings. The third-order valence-corrected chi connectivity index (χ3v) is 3.57. The Balaban J connectivity index is 3.04. The molecule has 2 heteroatoms. The van der Waals surface area contributed by atoms with Gasteiger partial charge in [-0.2, -0.15) is 0 Å². The summed E-state index contributed by atoms with van der Waals surface area (Å²) in [6.45, 7) is 10.0. The Hall–Kier alpha value is -1.57. The maximum atomic E-state index is 12.2. The van der Waals surface area contributed by atoms with Gasteiger partial charge in [0, 0.05) is 0 Å². The predicted octanol–water partition coefficient (Wildman–Crippen LogP) is 3.94. The summed E-state index contributed by atoms with van der Waals surface area (Å²) in [5.74, 6) is -0.0583. The highest BCUT2D eigenvalue weighted by molar-refractivity contribution is 5.78. The van der Waals surface area contributed by atoms with E-state index in [4.69, 9.17) is 4.74 Å². The number of ether oxygens (including phenoxy) is 1. The molecule has 0 heterocycles. The lowest BCUT2D eigenvalue weighted by molar-refractivity contribution is -0.155. The number of allylic oxidation sites excluding steroid dienone is 1. The second-order valence-corrected chi connectivity index (χ2v) is 4.76. The molecule has 0 aliphatic carbocycles. The minimum Gasteiger partial charge on any atom is -0.466 e. The SMILES string of the molecule is C=CCC(C)(C(=O)OCC)C(C)c1ccccc1. The Morgan fingerprint density at radius 3 is 2.56 bits per heavy atom. The highest BCUT2D eigenvalue weighted by atomic mass is 16.5. The molecule has 0 N–H and O–H groups in total. The predicted molar refractivity (Wildman–Crippen MR) is 74.4 cm³/mol. The number of esters is 1. The standard InChI is InChI=1S/C16H22O2/c1-5-12-16(4,15(17)18-6-2)13(3)14-10-8-7-9-11-14/h5,7-11,13H,1,6,12H2,2-4H3. The Morgan fingerprint density at radius 1 is 1.44 bits per heavy atom. The number of carbonyl (C=O) groups is 1. The molecule has 0 bridgehead atoms. The molecule has 0 spiro atoms. The topological polar surface area (TPSA) is 26.3 Å². The minimum absolute atomic E-state index is 0.0933. The van der Waals surface area contributed by atoms with Gasteiger partial charge in [-0.05, 0) is 31.7 Å². The van der Waals surface area contributed by atoms with Crippen LogP contribution >= 0.6 is 0 Å². The normalized spacial score (nSPS) is 15.5. The minimum atomic E-state index is -0.556. The molecule has 2 unspecified atom stereocenters. The van der Waals surface area contributed by atoms with Gasteiger partial charge >= 0.3 is 5.97 Å². The number of hydrogen-bond acceptors (Lipinski definition) is 2. The molecule has 0 aromatic heterocycles. The molecule has 0 aliphatic rings. The van der Waals surface area contributed by atoms with Crippen LogP contribution in [-0.2, 0) is 9.53 Å². The van der Waals surface area contributed by atoms with E-state index in [0.29, 0.717) is 13.0 Å². The smallest absolute Gasteiger partial charge is 0.312 e. The molecule has 18 heavy (non-hydrogen) atoms. The van der Waals surface area contributed by atoms with E-state index in [9.17, 15) is 4.79 Å². The third kappa shape index (κ3) is 3.00. The molecule has 0 saturated heterocycles. The van der Waals surface area contributed by atoms with E-state index >= 15 is 0 Å². The van der Waals surface area contributed by atoms with Crippen molar-refractivity contribution in [3.63, 3.8) is 0 Å². The van der Waals surface area contributed by atoms with E-state index in [1.165, 1.54) is 0 Å². The fourth-order valence-corrected chi connectivity index (χ4v) is 2.14. The molecule has 2 nitrogen and oxygen atoms in total. The number of rotatable bonds is 6. The molecular weight excluding hydrogens is 224 g/mol. The number of carbonyl (C=O) groups excluding carboxylic acids is 1. The van der Waals surface area contributed by atoms with Crippen LogP contribution in [0.4, 0.5) is 0 Å². The monoisotopic (exact) mass is 246 g/mol. The average Bonchev–Trinajstić information content (AvgIpc) is 2.39. The van der Waals surface area contributed by atoms with Crippen molar-refractivity contribution in [2.75, 3.05) is 6.61 Å². The molecule has 1 rings (SSSR count). The molecular formula is C16H22O2. The van der Waals surface area contributed by atoms with Crippen molar-refractivity contribution in [2.24, 2.45) is 5.41 Å². The van der Waals surface area contributed by atoms with Crippen molar-refractivity contribution in [2.45, 2.75) is 33.1 Å². The zero-order chi connectivity index (χ0) is 13.6. The zero-order valence-corrected chi connectivity index (χ0v) is 11.5. The lowest BCUT2D eigenvalue weighted by atomic mass is 9.72. The van der Waals surface area contributed by atoms with Crippen molar-refractivity contribution < 1.29 is 9.53 Å². The van der Waals surface area contributed by atoms with Gasteiger partial charge < -0.3 is 4.74 Å². The molecule has 0 aliphatic heterocycles. The van der Waals surface area contributed by atoms with E-state index in [1.54, 1.807) is 6.08 Å². The molecule has 0 saturated carbocycles. The molecule has 1 aromatic carbocycles. The van der Waals surface area contributed by atoms with Crippen molar-refractivity contribution in [1.29, 1.82) is 0 Å². The Labute approximate surface area is 110 Å². The quantitative estimate of drug-likeness (QED) is 0.561. The first-order chi connectivity index (χ1) is 8.56. The van der Waals surface area contributed by atoms with E-state index in [1.807, 2.05) is 44.2 Å². The van der Waals surface area contributed by atoms with Gasteiger partial charge in [-0.15, -0.1) is 6.58 Å². The maximum absolute atomic E-state index is 12.2. The summed E-state index contributed by atoms with van der Waals surface area (Å²) in [5, 5.41) is 0. The van der Waals surface area contributed by atoms with Gasteiger partial charge in [0.25, 0.3) is 0 Å². The van der Waals surface area contributed by atoms with Gasteiger partial charge in [0.1, 0.15) is 0 Å². The van der Waals surface area contributed by atoms with Crippen LogP contribution in [0.3, 0.4) is 0 Å². The number of hydrogen-bond donors (Lipinski definition) is 0. The van der Waals surface area contributed by atoms with Crippen molar-refractivity contribution in [3.05, 3.63) is 48.6 Å². The zero-order valence-electron chi connectivity index (χ0n) is 11.5. The van der Waals surface area contributed by atoms with Crippen molar-refractivity contribution in [3.8, 4) is 0 Å². The molecule has 98 valence electrons. The first kappa shape index (κ1) is 14.5. The summed E-state index contributed by atoms with van der Waals surface area (Å²) in [7, 11) is 0. The first-order valence-electron chi connectivity index (χ1n) is 6.39. The van der Waals surface area contributed by atoms with Crippen LogP contribution in [0.2, 0.25) is 0 Å². The summed E-state index contributed by atoms with van der Waals surface area (Å²) >= 11 is 0. The third-order valence-electron chi connectivity index (χ3n) is 3.57. The lowest BCUT2D eigenvalue weighted by Crippen LogP contribution is -2.34. The van der Waals surface area contributed by atoms with E-state index in [-0.39, 0.29) is 11.9 Å². The van der Waals surface area contributed by atoms with Gasteiger partial charge in [-0.3, -0.25) is 4.79 Å². The summed E-state index contributed by atoms with van der Waals surface area (Å²) in [4.78, 5) is 12.2. The molecule has 0 radical (unpaired) electrons. The van der Waals surface area contributed by atoms with Crippen LogP contribution in [0, 0.1) is 5.41 Å². The van der Waals surface area contributed by atoms with Gasteiger partial charge in [0.2, 0.25) is 0 Å². The fourth-order valence-electron chi connectivity index (χ4n) is 2.14. The summed E-state index contributed by atoms with van der Waals surface area (Å²) in [6, 6.07) is 10.1. The Morgan fingerprint density at radius 2 is 2.06 bits per heavy atom. The van der Waals surface area contributed by atoms with Crippen LogP contribution < -0.4 is 0 Å². The summed E-state index contributed by atoms with van der Waals surface area (Å²) < 4.78 is 5.22. The van der Waals surface area contributed by atoms with E-state index in [0.717, 1.165) is 5.56 Å². The maximum Gasteiger partial charge on any atom is 0.312 e. The lowest BCUT2D eigenvalue weighted by Gasteiger charge is -2.32. The van der Waals surface area contributed by atoms with E-state index < -0.39 is 5.41 Å². The molecule has 2 atom stereocenters. The second-order valence-electron chi connectivity index (χ2n) is 4.76. The molecule has 0 fully saturated rings. The average molecular weight is 246 g/mol. The van der Waals surface area contributed by atoms with Crippen LogP contribution in [0.5, 0.6) is 0 Å². The van der Waals surface area contributed by atoms with Gasteiger partial charge in [-0.25, -0.2) is 0 Å². The van der Waals surface area contributed by atoms with Gasteiger partial charge in [0.15, 0.2) is 0 Å². The Bertz CT molecular complexity index is 397. The summed E-state index contributed by atoms with van der Waals surface area (Å²) in [6.07, 6.45) is 2.40. The summed E-state index contributed by atoms with van der Waals surface area (Å²) in [5.41, 5.74) is 0.592. The molecule has 0 amide bonds. The van der Waals surface area contributed by atoms with Crippen LogP contribution in [0.1, 0.15) is 38.7 Å². The highest BCUT2D eigenvalue weighted by Crippen LogP contribution is 2.40. The second kappa shape index (κ2) is 6.39. The van der Waals surface area contributed by atoms with Crippen LogP contribution in [0.25, 0.3) is 0 Å². The van der Waals surface area contributed by atoms with Gasteiger partial charge in [-0.1, -0.05) is 43.3 Å². The fraction of sp³-hybridized carbons (Fsp3) is 0.438. The van der Waals surface area contributed by atoms with Crippen molar-refractivity contribution in [1.82, 2.24) is 0 Å². The van der Waals surface area contributed by atoms with Crippen LogP contribution in [0.15, 0.2) is 43.0 Å². The van der Waals surface area contributed by atoms with E-state index in [2.05, 4.69) is 13.5 Å². The van der Waals surface area contributed by atoms with Crippen LogP contribution in [-0.4, -0.2) is 12.6 Å². The first-order valence-corrected chi connectivity index (χ1v) is 6.39. The number of benzene rings is 1. The largest absolute Gasteiger partial charge is 0.466 e.